The molecule has 3 rings (SSSR count). The van der Waals surface area contributed by atoms with E-state index in [1.807, 2.05) is 0 Å². The number of halogens is 1. The zero-order valence-corrected chi connectivity index (χ0v) is 13.7. The van der Waals surface area contributed by atoms with Crippen molar-refractivity contribution in [3.63, 3.8) is 0 Å². The molecule has 0 radical (unpaired) electrons. The standard InChI is InChI=1S/C19H18FN3O2/c20-16-10-14(5-6-17(16)25-15-4-3-9-22-12-15)11-23-18(24)19(13-21)7-1-2-8-19/h3-6,9-10,12H,1-2,7-8,11H2,(H,23,24). The van der Waals surface area contributed by atoms with Crippen LogP contribution in [0.25, 0.3) is 0 Å². The van der Waals surface area contributed by atoms with Gasteiger partial charge in [0.2, 0.25) is 5.91 Å². The van der Waals surface area contributed by atoms with Crippen LogP contribution >= 0.6 is 0 Å². The zero-order valence-electron chi connectivity index (χ0n) is 13.7. The molecule has 0 bridgehead atoms. The number of rotatable bonds is 5. The molecule has 1 aromatic heterocycles. The number of carbonyl (C=O) groups is 1. The van der Waals surface area contributed by atoms with Gasteiger partial charge in [0.1, 0.15) is 11.2 Å². The normalized spacial score (nSPS) is 15.4. The van der Waals surface area contributed by atoms with Crippen molar-refractivity contribution in [2.75, 3.05) is 0 Å². The Morgan fingerprint density at radius 3 is 2.80 bits per heavy atom. The average Bonchev–Trinajstić information content (AvgIpc) is 3.13. The molecular formula is C19H18FN3O2. The summed E-state index contributed by atoms with van der Waals surface area (Å²) in [5, 5.41) is 12.1. The number of nitrogens with one attached hydrogen (secondary N) is 1. The fourth-order valence-electron chi connectivity index (χ4n) is 2.99. The third kappa shape index (κ3) is 3.77. The molecule has 1 saturated carbocycles. The van der Waals surface area contributed by atoms with E-state index in [1.54, 1.807) is 24.4 Å². The largest absolute Gasteiger partial charge is 0.453 e. The maximum absolute atomic E-state index is 14.2. The first-order chi connectivity index (χ1) is 12.1. The third-order valence-electron chi connectivity index (χ3n) is 4.42. The highest BCUT2D eigenvalue weighted by molar-refractivity contribution is 5.85. The van der Waals surface area contributed by atoms with Crippen LogP contribution in [0.1, 0.15) is 31.2 Å². The predicted molar refractivity (Wildman–Crippen MR) is 89.1 cm³/mol. The molecule has 5 nitrogen and oxygen atoms in total. The van der Waals surface area contributed by atoms with E-state index in [4.69, 9.17) is 4.74 Å². The Balaban J connectivity index is 1.63. The van der Waals surface area contributed by atoms with Crippen molar-refractivity contribution in [2.24, 2.45) is 5.41 Å². The van der Waals surface area contributed by atoms with E-state index in [-0.39, 0.29) is 18.2 Å². The van der Waals surface area contributed by atoms with Crippen LogP contribution in [0.2, 0.25) is 0 Å². The highest BCUT2D eigenvalue weighted by Crippen LogP contribution is 2.37. The first-order valence-electron chi connectivity index (χ1n) is 8.19. The van der Waals surface area contributed by atoms with Crippen LogP contribution < -0.4 is 10.1 Å². The highest BCUT2D eigenvalue weighted by atomic mass is 19.1. The van der Waals surface area contributed by atoms with Crippen molar-refractivity contribution in [1.82, 2.24) is 10.3 Å². The molecule has 2 aromatic rings. The minimum Gasteiger partial charge on any atom is -0.453 e. The summed E-state index contributed by atoms with van der Waals surface area (Å²) in [5.41, 5.74) is -0.322. The Bertz CT molecular complexity index is 796. The number of benzene rings is 1. The maximum atomic E-state index is 14.2. The molecule has 6 heteroatoms. The lowest BCUT2D eigenvalue weighted by Crippen LogP contribution is -2.37. The average molecular weight is 339 g/mol. The van der Waals surface area contributed by atoms with Gasteiger partial charge in [-0.1, -0.05) is 18.9 Å². The molecule has 25 heavy (non-hydrogen) atoms. The molecule has 1 fully saturated rings. The number of aromatic nitrogens is 1. The van der Waals surface area contributed by atoms with Gasteiger partial charge in [-0.2, -0.15) is 5.26 Å². The van der Waals surface area contributed by atoms with E-state index in [1.165, 1.54) is 18.3 Å². The van der Waals surface area contributed by atoms with Crippen molar-refractivity contribution in [2.45, 2.75) is 32.2 Å². The minimum atomic E-state index is -0.929. The van der Waals surface area contributed by atoms with Gasteiger partial charge in [-0.3, -0.25) is 9.78 Å². The summed E-state index contributed by atoms with van der Waals surface area (Å²) in [4.78, 5) is 16.2. The van der Waals surface area contributed by atoms with E-state index in [2.05, 4.69) is 16.4 Å². The molecule has 1 N–H and O–H groups in total. The summed E-state index contributed by atoms with van der Waals surface area (Å²) in [5.74, 6) is -0.262. The number of nitriles is 1. The maximum Gasteiger partial charge on any atom is 0.240 e. The highest BCUT2D eigenvalue weighted by Gasteiger charge is 2.41. The first kappa shape index (κ1) is 16.9. The smallest absolute Gasteiger partial charge is 0.240 e. The summed E-state index contributed by atoms with van der Waals surface area (Å²) in [6.07, 6.45) is 6.04. The molecule has 128 valence electrons. The first-order valence-corrected chi connectivity index (χ1v) is 8.19. The fourth-order valence-corrected chi connectivity index (χ4v) is 2.99. The Hall–Kier alpha value is -2.94. The van der Waals surface area contributed by atoms with Crippen LogP contribution in [0.3, 0.4) is 0 Å². The Morgan fingerprint density at radius 1 is 1.36 bits per heavy atom. The molecule has 1 aliphatic rings. The number of nitrogens with zero attached hydrogens (tertiary/aromatic N) is 2. The molecular weight excluding hydrogens is 321 g/mol. The van der Waals surface area contributed by atoms with Crippen LogP contribution in [0.5, 0.6) is 11.5 Å². The quantitative estimate of drug-likeness (QED) is 0.901. The second-order valence-electron chi connectivity index (χ2n) is 6.14. The number of amides is 1. The lowest BCUT2D eigenvalue weighted by Gasteiger charge is -2.19. The van der Waals surface area contributed by atoms with Crippen LogP contribution in [0, 0.1) is 22.6 Å². The second kappa shape index (κ2) is 7.31. The summed E-state index contributed by atoms with van der Waals surface area (Å²) in [7, 11) is 0. The Morgan fingerprint density at radius 2 is 2.16 bits per heavy atom. The van der Waals surface area contributed by atoms with Gasteiger partial charge in [0.05, 0.1) is 12.3 Å². The SMILES string of the molecule is N#CC1(C(=O)NCc2ccc(Oc3cccnc3)c(F)c2)CCCC1. The van der Waals surface area contributed by atoms with Crippen molar-refractivity contribution in [3.05, 3.63) is 54.1 Å². The van der Waals surface area contributed by atoms with E-state index in [0.717, 1.165) is 12.8 Å². The van der Waals surface area contributed by atoms with Crippen molar-refractivity contribution in [3.8, 4) is 17.6 Å². The lowest BCUT2D eigenvalue weighted by atomic mass is 9.87. The number of ether oxygens (including phenoxy) is 1. The van der Waals surface area contributed by atoms with Crippen LogP contribution in [0.4, 0.5) is 4.39 Å². The van der Waals surface area contributed by atoms with Gasteiger partial charge < -0.3 is 10.1 Å². The molecule has 0 unspecified atom stereocenters. The Kier molecular flexibility index (Phi) is 4.94. The molecule has 1 amide bonds. The summed E-state index contributed by atoms with van der Waals surface area (Å²) >= 11 is 0. The Labute approximate surface area is 145 Å². The van der Waals surface area contributed by atoms with E-state index in [9.17, 15) is 14.4 Å². The topological polar surface area (TPSA) is 75.0 Å². The van der Waals surface area contributed by atoms with Gasteiger partial charge in [-0.05, 0) is 42.7 Å². The van der Waals surface area contributed by atoms with Crippen molar-refractivity contribution >= 4 is 5.91 Å². The van der Waals surface area contributed by atoms with Crippen LogP contribution in [-0.4, -0.2) is 10.9 Å². The zero-order chi connectivity index (χ0) is 17.7. The molecule has 1 aromatic carbocycles. The molecule has 0 saturated heterocycles. The molecule has 0 atom stereocenters. The van der Waals surface area contributed by atoms with Gasteiger partial charge in [0.15, 0.2) is 11.6 Å². The van der Waals surface area contributed by atoms with E-state index in [0.29, 0.717) is 24.2 Å². The molecule has 0 aliphatic heterocycles. The predicted octanol–water partition coefficient (Wildman–Crippen LogP) is 3.71. The fraction of sp³-hybridized carbons (Fsp3) is 0.316. The molecule has 1 heterocycles. The van der Waals surface area contributed by atoms with Gasteiger partial charge in [0.25, 0.3) is 0 Å². The molecule has 0 spiro atoms. The number of hydrogen-bond donors (Lipinski definition) is 1. The van der Waals surface area contributed by atoms with Crippen LogP contribution in [-0.2, 0) is 11.3 Å². The van der Waals surface area contributed by atoms with Gasteiger partial charge in [-0.15, -0.1) is 0 Å². The molecule has 1 aliphatic carbocycles. The second-order valence-corrected chi connectivity index (χ2v) is 6.14. The third-order valence-corrected chi connectivity index (χ3v) is 4.42. The summed E-state index contributed by atoms with van der Waals surface area (Å²) < 4.78 is 19.6. The van der Waals surface area contributed by atoms with E-state index < -0.39 is 11.2 Å². The van der Waals surface area contributed by atoms with E-state index >= 15 is 0 Å². The van der Waals surface area contributed by atoms with Gasteiger partial charge >= 0.3 is 0 Å². The van der Waals surface area contributed by atoms with Crippen molar-refractivity contribution in [1.29, 1.82) is 5.26 Å². The number of carbonyl (C=O) groups excluding carboxylic acids is 1. The lowest BCUT2D eigenvalue weighted by molar-refractivity contribution is -0.128. The van der Waals surface area contributed by atoms with Gasteiger partial charge in [-0.25, -0.2) is 4.39 Å². The minimum absolute atomic E-state index is 0.0902. The number of pyridine rings is 1. The summed E-state index contributed by atoms with van der Waals surface area (Å²) in [6.45, 7) is 0.173. The number of hydrogen-bond acceptors (Lipinski definition) is 4. The monoisotopic (exact) mass is 339 g/mol. The van der Waals surface area contributed by atoms with Gasteiger partial charge in [0, 0.05) is 12.7 Å². The van der Waals surface area contributed by atoms with Crippen LogP contribution in [0.15, 0.2) is 42.7 Å². The summed E-state index contributed by atoms with van der Waals surface area (Å²) in [6, 6.07) is 10.0. The van der Waals surface area contributed by atoms with Crippen molar-refractivity contribution < 1.29 is 13.9 Å².